The zero-order chi connectivity index (χ0) is 28.0. The molecule has 3 aromatic heterocycles. The molecule has 6 rings (SSSR count). The molecule has 0 aliphatic carbocycles. The van der Waals surface area contributed by atoms with Gasteiger partial charge in [0.2, 0.25) is 0 Å². The maximum atomic E-state index is 13.4. The first-order chi connectivity index (χ1) is 19.3. The van der Waals surface area contributed by atoms with Gasteiger partial charge >= 0.3 is 6.09 Å². The van der Waals surface area contributed by atoms with E-state index in [0.29, 0.717) is 23.0 Å². The number of aromatic nitrogens is 7. The normalized spacial score (nSPS) is 14.4. The lowest BCUT2D eigenvalue weighted by atomic mass is 10.0. The van der Waals surface area contributed by atoms with E-state index in [1.807, 2.05) is 38.1 Å². The summed E-state index contributed by atoms with van der Waals surface area (Å²) < 4.78 is 3.32. The molecule has 0 bridgehead atoms. The summed E-state index contributed by atoms with van der Waals surface area (Å²) in [6, 6.07) is 15.9. The number of aryl methyl sites for hydroxylation is 1. The Kier molecular flexibility index (Phi) is 6.43. The van der Waals surface area contributed by atoms with Crippen molar-refractivity contribution < 1.29 is 9.90 Å². The van der Waals surface area contributed by atoms with Gasteiger partial charge in [-0.15, -0.1) is 5.10 Å². The number of anilines is 1. The Bertz CT molecular complexity index is 1760. The first-order valence-corrected chi connectivity index (χ1v) is 13.1. The van der Waals surface area contributed by atoms with Crippen molar-refractivity contribution in [1.82, 2.24) is 34.7 Å². The van der Waals surface area contributed by atoms with Crippen LogP contribution in [0.15, 0.2) is 71.9 Å². The van der Waals surface area contributed by atoms with Gasteiger partial charge in [-0.3, -0.25) is 9.69 Å². The maximum Gasteiger partial charge on any atom is 0.412 e. The number of nitrogens with one attached hydrogen (secondary N) is 1. The molecule has 4 heterocycles. The molecule has 0 saturated heterocycles. The number of rotatable bonds is 6. The molecule has 11 nitrogen and oxygen atoms in total. The number of imidazole rings is 1. The van der Waals surface area contributed by atoms with Gasteiger partial charge in [-0.25, -0.2) is 9.78 Å². The number of pyridine rings is 1. The first-order valence-electron chi connectivity index (χ1n) is 12.8. The van der Waals surface area contributed by atoms with Crippen molar-refractivity contribution in [3.63, 3.8) is 0 Å². The number of benzene rings is 2. The second-order valence-electron chi connectivity index (χ2n) is 9.89. The van der Waals surface area contributed by atoms with Gasteiger partial charge in [0.1, 0.15) is 12.2 Å². The highest BCUT2D eigenvalue weighted by atomic mass is 35.5. The number of hydrogen-bond donors (Lipinski definition) is 2. The summed E-state index contributed by atoms with van der Waals surface area (Å²) in [5.74, 6) is 0.694. The lowest BCUT2D eigenvalue weighted by molar-refractivity contribution is 0.200. The summed E-state index contributed by atoms with van der Waals surface area (Å²) >= 11 is 6.31. The van der Waals surface area contributed by atoms with E-state index < -0.39 is 6.09 Å². The number of tetrazole rings is 1. The number of hydrogen-bond acceptors (Lipinski definition) is 6. The van der Waals surface area contributed by atoms with Crippen molar-refractivity contribution in [1.29, 1.82) is 0 Å². The van der Waals surface area contributed by atoms with Gasteiger partial charge in [-0.2, -0.15) is 4.68 Å². The molecular weight excluding hydrogens is 532 g/mol. The van der Waals surface area contributed by atoms with Crippen molar-refractivity contribution in [2.45, 2.75) is 38.8 Å². The maximum absolute atomic E-state index is 13.4. The Hall–Kier alpha value is -4.77. The van der Waals surface area contributed by atoms with Gasteiger partial charge in [0, 0.05) is 34.1 Å². The Morgan fingerprint density at radius 1 is 1.12 bits per heavy atom. The fourth-order valence-corrected chi connectivity index (χ4v) is 5.48. The monoisotopic (exact) mass is 556 g/mol. The second kappa shape index (κ2) is 10.1. The van der Waals surface area contributed by atoms with E-state index in [-0.39, 0.29) is 17.6 Å². The number of aromatic amines is 1. The molecule has 40 heavy (non-hydrogen) atoms. The number of H-pyrrole nitrogens is 1. The van der Waals surface area contributed by atoms with E-state index in [0.717, 1.165) is 40.2 Å². The van der Waals surface area contributed by atoms with Gasteiger partial charge in [0.05, 0.1) is 23.6 Å². The standard InChI is InChI=1S/C28H25ClN8O3/c1-16(2)36(28(39)40)20-6-3-17(4-7-20)23-14-30-27(32-23)25-10-8-21-11-18(12-26(38)37(21)25)22-13-19(29)5-9-24(22)35-15-31-33-34-35/h3-7,9,11-16,25H,8,10H2,1-2H3,(H,30,32)(H,39,40). The number of carboxylic acid groups (broad SMARTS) is 1. The van der Waals surface area contributed by atoms with Crippen LogP contribution in [0.5, 0.6) is 0 Å². The van der Waals surface area contributed by atoms with Crippen LogP contribution in [-0.4, -0.2) is 52.0 Å². The van der Waals surface area contributed by atoms with Gasteiger partial charge < -0.3 is 14.7 Å². The van der Waals surface area contributed by atoms with Crippen molar-refractivity contribution in [2.24, 2.45) is 0 Å². The van der Waals surface area contributed by atoms with E-state index >= 15 is 0 Å². The predicted molar refractivity (Wildman–Crippen MR) is 150 cm³/mol. The molecular formula is C28H25ClN8O3. The van der Waals surface area contributed by atoms with Gasteiger partial charge in [0.25, 0.3) is 5.56 Å². The van der Waals surface area contributed by atoms with Crippen molar-refractivity contribution in [2.75, 3.05) is 4.90 Å². The molecule has 2 N–H and O–H groups in total. The largest absolute Gasteiger partial charge is 0.465 e. The average molecular weight is 557 g/mol. The molecule has 1 unspecified atom stereocenters. The van der Waals surface area contributed by atoms with Gasteiger partial charge in [-0.1, -0.05) is 23.7 Å². The third-order valence-corrected chi connectivity index (χ3v) is 7.32. The predicted octanol–water partition coefficient (Wildman–Crippen LogP) is 4.96. The smallest absolute Gasteiger partial charge is 0.412 e. The minimum absolute atomic E-state index is 0.137. The third-order valence-electron chi connectivity index (χ3n) is 7.09. The molecule has 5 aromatic rings. The van der Waals surface area contributed by atoms with Crippen molar-refractivity contribution in [3.05, 3.63) is 94.0 Å². The molecule has 12 heteroatoms. The molecule has 0 fully saturated rings. The molecule has 1 amide bonds. The van der Waals surface area contributed by atoms with E-state index in [1.165, 1.54) is 15.9 Å². The number of fused-ring (bicyclic) bond motifs is 1. The van der Waals surface area contributed by atoms with Crippen molar-refractivity contribution in [3.8, 4) is 28.1 Å². The summed E-state index contributed by atoms with van der Waals surface area (Å²) in [5, 5.41) is 21.5. The van der Waals surface area contributed by atoms with Crippen molar-refractivity contribution >= 4 is 23.4 Å². The third kappa shape index (κ3) is 4.54. The Balaban J connectivity index is 1.30. The van der Waals surface area contributed by atoms with Crippen LogP contribution in [0, 0.1) is 0 Å². The highest BCUT2D eigenvalue weighted by Crippen LogP contribution is 2.34. The second-order valence-corrected chi connectivity index (χ2v) is 10.3. The van der Waals surface area contributed by atoms with Crippen LogP contribution in [0.1, 0.15) is 37.8 Å². The minimum Gasteiger partial charge on any atom is -0.465 e. The van der Waals surface area contributed by atoms with Crippen LogP contribution in [0.4, 0.5) is 10.5 Å². The number of nitrogens with zero attached hydrogens (tertiary/aromatic N) is 7. The lowest BCUT2D eigenvalue weighted by Gasteiger charge is -2.23. The lowest BCUT2D eigenvalue weighted by Crippen LogP contribution is -2.35. The minimum atomic E-state index is -0.998. The highest BCUT2D eigenvalue weighted by molar-refractivity contribution is 6.31. The van der Waals surface area contributed by atoms with Gasteiger partial charge in [-0.05, 0) is 84.6 Å². The number of carbonyl (C=O) groups is 1. The Morgan fingerprint density at radius 2 is 1.93 bits per heavy atom. The summed E-state index contributed by atoms with van der Waals surface area (Å²) in [6.45, 7) is 3.66. The first kappa shape index (κ1) is 25.5. The molecule has 0 saturated carbocycles. The fourth-order valence-electron chi connectivity index (χ4n) is 5.30. The van der Waals surface area contributed by atoms with E-state index in [4.69, 9.17) is 11.6 Å². The van der Waals surface area contributed by atoms with Gasteiger partial charge in [0.15, 0.2) is 0 Å². The van der Waals surface area contributed by atoms with Crippen LogP contribution in [0.2, 0.25) is 5.02 Å². The summed E-state index contributed by atoms with van der Waals surface area (Å²) in [6.07, 6.45) is 3.67. The number of halogens is 1. The van der Waals surface area contributed by atoms with E-state index in [9.17, 15) is 14.7 Å². The molecule has 1 aliphatic rings. The van der Waals surface area contributed by atoms with Crippen LogP contribution < -0.4 is 10.5 Å². The molecule has 2 aromatic carbocycles. The zero-order valence-electron chi connectivity index (χ0n) is 21.7. The quantitative estimate of drug-likeness (QED) is 0.301. The summed E-state index contributed by atoms with van der Waals surface area (Å²) in [5.41, 5.74) is 5.23. The fraction of sp³-hybridized carbons (Fsp3) is 0.214. The molecule has 0 radical (unpaired) electrons. The van der Waals surface area contributed by atoms with E-state index in [1.54, 1.807) is 41.1 Å². The van der Waals surface area contributed by atoms with Crippen LogP contribution in [0.3, 0.4) is 0 Å². The molecule has 1 aliphatic heterocycles. The van der Waals surface area contributed by atoms with E-state index in [2.05, 4.69) is 25.5 Å². The Morgan fingerprint density at radius 3 is 2.62 bits per heavy atom. The van der Waals surface area contributed by atoms with Crippen LogP contribution >= 0.6 is 11.6 Å². The summed E-state index contributed by atoms with van der Waals surface area (Å²) in [4.78, 5) is 34.4. The van der Waals surface area contributed by atoms with Crippen LogP contribution in [-0.2, 0) is 6.42 Å². The topological polar surface area (TPSA) is 135 Å². The Labute approximate surface area is 233 Å². The molecule has 1 atom stereocenters. The summed E-state index contributed by atoms with van der Waals surface area (Å²) in [7, 11) is 0. The SMILES string of the molecule is CC(C)N(C(=O)O)c1ccc(-c2cnc(C3CCc4cc(-c5cc(Cl)ccc5-n5cnnn5)cc(=O)n43)[nH]2)cc1. The average Bonchev–Trinajstić information content (AvgIpc) is 3.69. The molecule has 202 valence electrons. The highest BCUT2D eigenvalue weighted by Gasteiger charge is 2.28. The number of amides is 1. The van der Waals surface area contributed by atoms with Crippen LogP contribution in [0.25, 0.3) is 28.1 Å². The molecule has 0 spiro atoms. The zero-order valence-corrected chi connectivity index (χ0v) is 22.4.